The van der Waals surface area contributed by atoms with Crippen LogP contribution in [0.25, 0.3) is 0 Å². The number of unbranched alkanes of at least 4 members (excludes halogenated alkanes) is 6. The van der Waals surface area contributed by atoms with Crippen LogP contribution in [0.4, 0.5) is 0 Å². The van der Waals surface area contributed by atoms with Crippen LogP contribution in [0.15, 0.2) is 24.3 Å². The lowest BCUT2D eigenvalue weighted by Gasteiger charge is -2.20. The maximum Gasteiger partial charge on any atom is 0.0453 e. The summed E-state index contributed by atoms with van der Waals surface area (Å²) in [7, 11) is 0. The maximum atomic E-state index is 6.36. The Hall–Kier alpha value is -0.530. The molecule has 0 aliphatic carbocycles. The molecule has 0 amide bonds. The standard InChI is InChI=1S/C19H32ClN/c1-3-5-6-7-8-9-10-15-19(21-16-4-2)17-13-11-12-14-18(17)20/h11-14,19,21H,3-10,15-16H2,1-2H3. The van der Waals surface area contributed by atoms with Crippen LogP contribution in [0.3, 0.4) is 0 Å². The minimum Gasteiger partial charge on any atom is -0.310 e. The van der Waals surface area contributed by atoms with E-state index in [-0.39, 0.29) is 0 Å². The van der Waals surface area contributed by atoms with Crippen LogP contribution in [0.1, 0.15) is 83.2 Å². The van der Waals surface area contributed by atoms with E-state index in [1.165, 1.54) is 56.9 Å². The molecule has 0 radical (unpaired) electrons. The van der Waals surface area contributed by atoms with Gasteiger partial charge in [-0.2, -0.15) is 0 Å². The van der Waals surface area contributed by atoms with Crippen molar-refractivity contribution in [2.75, 3.05) is 6.54 Å². The summed E-state index contributed by atoms with van der Waals surface area (Å²) in [5, 5.41) is 4.55. The van der Waals surface area contributed by atoms with Crippen LogP contribution in [0.5, 0.6) is 0 Å². The quantitative estimate of drug-likeness (QED) is 0.433. The van der Waals surface area contributed by atoms with E-state index in [4.69, 9.17) is 11.6 Å². The van der Waals surface area contributed by atoms with Crippen molar-refractivity contribution in [2.45, 2.75) is 77.7 Å². The average molecular weight is 310 g/mol. The predicted molar refractivity (Wildman–Crippen MR) is 95.1 cm³/mol. The van der Waals surface area contributed by atoms with Crippen molar-refractivity contribution in [3.63, 3.8) is 0 Å². The lowest BCUT2D eigenvalue weighted by molar-refractivity contribution is 0.466. The molecule has 1 N–H and O–H groups in total. The number of hydrogen-bond acceptors (Lipinski definition) is 1. The van der Waals surface area contributed by atoms with Crippen molar-refractivity contribution < 1.29 is 0 Å². The maximum absolute atomic E-state index is 6.36. The summed E-state index contributed by atoms with van der Waals surface area (Å²) < 4.78 is 0. The third-order valence-electron chi connectivity index (χ3n) is 4.02. The first-order valence-electron chi connectivity index (χ1n) is 8.77. The van der Waals surface area contributed by atoms with Crippen molar-refractivity contribution >= 4 is 11.6 Å². The first-order valence-corrected chi connectivity index (χ1v) is 9.15. The van der Waals surface area contributed by atoms with Gasteiger partial charge in [-0.15, -0.1) is 0 Å². The zero-order valence-electron chi connectivity index (χ0n) is 13.8. The van der Waals surface area contributed by atoms with Crippen molar-refractivity contribution in [1.82, 2.24) is 5.32 Å². The van der Waals surface area contributed by atoms with Gasteiger partial charge in [-0.25, -0.2) is 0 Å². The Balaban J connectivity index is 2.35. The SMILES string of the molecule is CCCCCCCCCC(NCCC)c1ccccc1Cl. The van der Waals surface area contributed by atoms with E-state index in [0.717, 1.165) is 18.0 Å². The average Bonchev–Trinajstić information content (AvgIpc) is 2.50. The third kappa shape index (κ3) is 7.87. The normalized spacial score (nSPS) is 12.5. The lowest BCUT2D eigenvalue weighted by atomic mass is 9.99. The smallest absolute Gasteiger partial charge is 0.0453 e. The molecule has 1 atom stereocenters. The van der Waals surface area contributed by atoms with Crippen LogP contribution in [0, 0.1) is 0 Å². The Morgan fingerprint density at radius 2 is 1.57 bits per heavy atom. The Morgan fingerprint density at radius 1 is 0.905 bits per heavy atom. The highest BCUT2D eigenvalue weighted by Crippen LogP contribution is 2.27. The van der Waals surface area contributed by atoms with Crippen LogP contribution >= 0.6 is 11.6 Å². The molecule has 1 rings (SSSR count). The monoisotopic (exact) mass is 309 g/mol. The zero-order chi connectivity index (χ0) is 15.3. The van der Waals surface area contributed by atoms with Gasteiger partial charge in [-0.3, -0.25) is 0 Å². The second-order valence-electron chi connectivity index (χ2n) is 5.94. The van der Waals surface area contributed by atoms with Gasteiger partial charge in [0.1, 0.15) is 0 Å². The molecule has 0 saturated heterocycles. The molecule has 1 unspecified atom stereocenters. The molecule has 0 fully saturated rings. The Morgan fingerprint density at radius 3 is 2.24 bits per heavy atom. The first-order chi connectivity index (χ1) is 10.3. The summed E-state index contributed by atoms with van der Waals surface area (Å²) >= 11 is 6.36. The van der Waals surface area contributed by atoms with Crippen molar-refractivity contribution in [2.24, 2.45) is 0 Å². The minimum atomic E-state index is 0.411. The fraction of sp³-hybridized carbons (Fsp3) is 0.684. The largest absolute Gasteiger partial charge is 0.310 e. The van der Waals surface area contributed by atoms with Gasteiger partial charge < -0.3 is 5.32 Å². The van der Waals surface area contributed by atoms with Crippen LogP contribution in [0.2, 0.25) is 5.02 Å². The van der Waals surface area contributed by atoms with Gasteiger partial charge in [0.25, 0.3) is 0 Å². The molecular formula is C19H32ClN. The molecule has 2 heteroatoms. The Kier molecular flexibility index (Phi) is 10.6. The summed E-state index contributed by atoms with van der Waals surface area (Å²) in [6.07, 6.45) is 11.9. The molecule has 120 valence electrons. The number of rotatable bonds is 12. The molecule has 1 nitrogen and oxygen atoms in total. The van der Waals surface area contributed by atoms with Gasteiger partial charge in [0, 0.05) is 11.1 Å². The molecule has 21 heavy (non-hydrogen) atoms. The molecule has 0 bridgehead atoms. The molecule has 0 aliphatic rings. The summed E-state index contributed by atoms with van der Waals surface area (Å²) in [6, 6.07) is 8.68. The number of halogens is 1. The van der Waals surface area contributed by atoms with E-state index >= 15 is 0 Å². The fourth-order valence-corrected chi connectivity index (χ4v) is 3.02. The lowest BCUT2D eigenvalue weighted by Crippen LogP contribution is -2.22. The Labute approximate surface area is 136 Å². The van der Waals surface area contributed by atoms with Crippen molar-refractivity contribution in [1.29, 1.82) is 0 Å². The van der Waals surface area contributed by atoms with Crippen LogP contribution in [-0.4, -0.2) is 6.54 Å². The second-order valence-corrected chi connectivity index (χ2v) is 6.35. The third-order valence-corrected chi connectivity index (χ3v) is 4.36. The van der Waals surface area contributed by atoms with Crippen LogP contribution < -0.4 is 5.32 Å². The van der Waals surface area contributed by atoms with Gasteiger partial charge in [0.2, 0.25) is 0 Å². The molecule has 0 saturated carbocycles. The highest BCUT2D eigenvalue weighted by atomic mass is 35.5. The van der Waals surface area contributed by atoms with E-state index in [9.17, 15) is 0 Å². The first kappa shape index (κ1) is 18.5. The molecule has 0 aliphatic heterocycles. The highest BCUT2D eigenvalue weighted by Gasteiger charge is 2.13. The van der Waals surface area contributed by atoms with Gasteiger partial charge in [0.15, 0.2) is 0 Å². The van der Waals surface area contributed by atoms with E-state index in [1.807, 2.05) is 12.1 Å². The predicted octanol–water partition coefficient (Wildman–Crippen LogP) is 6.52. The minimum absolute atomic E-state index is 0.411. The van der Waals surface area contributed by atoms with Crippen molar-refractivity contribution in [3.05, 3.63) is 34.9 Å². The molecule has 1 aromatic rings. The fourth-order valence-electron chi connectivity index (χ4n) is 2.75. The molecule has 0 spiro atoms. The van der Waals surface area contributed by atoms with E-state index in [1.54, 1.807) is 0 Å². The Bertz CT molecular complexity index is 364. The number of benzene rings is 1. The molecular weight excluding hydrogens is 278 g/mol. The van der Waals surface area contributed by atoms with E-state index < -0.39 is 0 Å². The zero-order valence-corrected chi connectivity index (χ0v) is 14.6. The molecule has 0 aromatic heterocycles. The topological polar surface area (TPSA) is 12.0 Å². The van der Waals surface area contributed by atoms with Crippen molar-refractivity contribution in [3.8, 4) is 0 Å². The second kappa shape index (κ2) is 12.1. The number of hydrogen-bond donors (Lipinski definition) is 1. The van der Waals surface area contributed by atoms with Gasteiger partial charge in [-0.1, -0.05) is 88.6 Å². The summed E-state index contributed by atoms with van der Waals surface area (Å²) in [4.78, 5) is 0. The van der Waals surface area contributed by atoms with Gasteiger partial charge in [-0.05, 0) is 31.0 Å². The van der Waals surface area contributed by atoms with E-state index in [2.05, 4.69) is 31.3 Å². The summed E-state index contributed by atoms with van der Waals surface area (Å²) in [6.45, 7) is 5.55. The summed E-state index contributed by atoms with van der Waals surface area (Å²) in [5.41, 5.74) is 1.26. The molecule has 0 heterocycles. The molecule has 1 aromatic carbocycles. The number of nitrogens with one attached hydrogen (secondary N) is 1. The van der Waals surface area contributed by atoms with E-state index in [0.29, 0.717) is 6.04 Å². The van der Waals surface area contributed by atoms with Gasteiger partial charge in [0.05, 0.1) is 0 Å². The summed E-state index contributed by atoms with van der Waals surface area (Å²) in [5.74, 6) is 0. The highest BCUT2D eigenvalue weighted by molar-refractivity contribution is 6.31. The van der Waals surface area contributed by atoms with Gasteiger partial charge >= 0.3 is 0 Å². The van der Waals surface area contributed by atoms with Crippen LogP contribution in [-0.2, 0) is 0 Å².